The third kappa shape index (κ3) is 5.45. The fourth-order valence-electron chi connectivity index (χ4n) is 2.34. The molecule has 0 unspecified atom stereocenters. The van der Waals surface area contributed by atoms with Crippen LogP contribution in [0.25, 0.3) is 6.08 Å². The van der Waals surface area contributed by atoms with Crippen molar-refractivity contribution in [2.45, 2.75) is 26.3 Å². The number of aromatic nitrogens is 2. The zero-order chi connectivity index (χ0) is 19.2. The molecule has 1 aromatic heterocycles. The quantitative estimate of drug-likeness (QED) is 0.524. The Morgan fingerprint density at radius 2 is 2.08 bits per heavy atom. The van der Waals surface area contributed by atoms with Crippen molar-refractivity contribution >= 4 is 11.9 Å². The highest BCUT2D eigenvalue weighted by atomic mass is 19.4. The third-order valence-electron chi connectivity index (χ3n) is 3.52. The highest BCUT2D eigenvalue weighted by molar-refractivity contribution is 6.05. The van der Waals surface area contributed by atoms with E-state index < -0.39 is 12.8 Å². The average molecular weight is 368 g/mol. The summed E-state index contributed by atoms with van der Waals surface area (Å²) in [6.07, 6.45) is 0.140. The number of nitrogens with zero attached hydrogens (tertiary/aromatic N) is 2. The molecule has 0 N–H and O–H groups in total. The Balaban J connectivity index is 2.12. The number of halogens is 3. The van der Waals surface area contributed by atoms with Gasteiger partial charge in [-0.1, -0.05) is 12.1 Å². The number of alkyl halides is 3. The second-order valence-electron chi connectivity index (χ2n) is 5.41. The molecular formula is C18H19F3N2O3. The Hall–Kier alpha value is -2.61. The molecule has 140 valence electrons. The minimum atomic E-state index is -4.39. The van der Waals surface area contributed by atoms with Gasteiger partial charge in [-0.2, -0.15) is 18.3 Å². The highest BCUT2D eigenvalue weighted by Crippen LogP contribution is 2.23. The normalized spacial score (nSPS) is 11.9. The van der Waals surface area contributed by atoms with Gasteiger partial charge in [-0.05, 0) is 36.8 Å². The second kappa shape index (κ2) is 8.66. The van der Waals surface area contributed by atoms with Gasteiger partial charge >= 0.3 is 6.18 Å². The Kier molecular flexibility index (Phi) is 6.57. The van der Waals surface area contributed by atoms with Gasteiger partial charge in [-0.3, -0.25) is 9.48 Å². The van der Waals surface area contributed by atoms with Crippen LogP contribution in [0.4, 0.5) is 13.2 Å². The summed E-state index contributed by atoms with van der Waals surface area (Å²) in [5.41, 5.74) is 1.57. The summed E-state index contributed by atoms with van der Waals surface area (Å²) >= 11 is 0. The molecule has 2 aromatic rings. The van der Waals surface area contributed by atoms with Crippen LogP contribution in [0.15, 0.2) is 36.5 Å². The lowest BCUT2D eigenvalue weighted by molar-refractivity contribution is -0.176. The van der Waals surface area contributed by atoms with Crippen LogP contribution in [-0.4, -0.2) is 35.5 Å². The molecule has 0 aliphatic rings. The second-order valence-corrected chi connectivity index (χ2v) is 5.41. The summed E-state index contributed by atoms with van der Waals surface area (Å²) in [6, 6.07) is 6.57. The van der Waals surface area contributed by atoms with Crippen molar-refractivity contribution in [1.82, 2.24) is 9.78 Å². The molecule has 0 saturated carbocycles. The van der Waals surface area contributed by atoms with Crippen molar-refractivity contribution in [1.29, 1.82) is 0 Å². The van der Waals surface area contributed by atoms with Crippen molar-refractivity contribution in [3.8, 4) is 5.75 Å². The summed E-state index contributed by atoms with van der Waals surface area (Å²) in [5.74, 6) is 0.203. The standard InChI is InChI=1S/C18H19F3N2O3/c1-3-23-15(8-9-22-23)16(24)6-4-13-5-7-17(25-2)14(10-13)11-26-12-18(19,20)21/h4-10H,3,11-12H2,1-2H3/b6-4+. The number of carbonyl (C=O) groups is 1. The molecule has 0 amide bonds. The van der Waals surface area contributed by atoms with E-state index in [0.717, 1.165) is 0 Å². The van der Waals surface area contributed by atoms with Gasteiger partial charge in [0.05, 0.1) is 13.7 Å². The maximum absolute atomic E-state index is 12.2. The smallest absolute Gasteiger partial charge is 0.411 e. The highest BCUT2D eigenvalue weighted by Gasteiger charge is 2.27. The molecule has 0 saturated heterocycles. The van der Waals surface area contributed by atoms with Gasteiger partial charge in [0.2, 0.25) is 5.78 Å². The number of hydrogen-bond acceptors (Lipinski definition) is 4. The average Bonchev–Trinajstić information content (AvgIpc) is 3.07. The fourth-order valence-corrected chi connectivity index (χ4v) is 2.34. The van der Waals surface area contributed by atoms with Gasteiger partial charge in [0, 0.05) is 18.3 Å². The van der Waals surface area contributed by atoms with Gasteiger partial charge in [0.15, 0.2) is 0 Å². The third-order valence-corrected chi connectivity index (χ3v) is 3.52. The molecule has 0 spiro atoms. The molecule has 1 heterocycles. The van der Waals surface area contributed by atoms with Crippen molar-refractivity contribution < 1.29 is 27.4 Å². The predicted molar refractivity (Wildman–Crippen MR) is 90.0 cm³/mol. The van der Waals surface area contributed by atoms with Crippen LogP contribution in [0.1, 0.15) is 28.5 Å². The molecule has 0 fully saturated rings. The van der Waals surface area contributed by atoms with E-state index >= 15 is 0 Å². The van der Waals surface area contributed by atoms with Crippen LogP contribution in [0.5, 0.6) is 5.75 Å². The first kappa shape index (κ1) is 19.7. The number of ether oxygens (including phenoxy) is 2. The molecule has 0 atom stereocenters. The van der Waals surface area contributed by atoms with E-state index in [0.29, 0.717) is 29.1 Å². The number of hydrogen-bond donors (Lipinski definition) is 0. The number of aryl methyl sites for hydroxylation is 1. The van der Waals surface area contributed by atoms with Gasteiger partial charge in [0.25, 0.3) is 0 Å². The van der Waals surface area contributed by atoms with Crippen molar-refractivity contribution in [3.05, 3.63) is 53.4 Å². The van der Waals surface area contributed by atoms with Gasteiger partial charge in [-0.15, -0.1) is 0 Å². The lowest BCUT2D eigenvalue weighted by atomic mass is 10.1. The number of rotatable bonds is 8. The van der Waals surface area contributed by atoms with E-state index in [4.69, 9.17) is 4.74 Å². The van der Waals surface area contributed by atoms with Gasteiger partial charge in [0.1, 0.15) is 18.1 Å². The number of allylic oxidation sites excluding steroid dienone is 1. The predicted octanol–water partition coefficient (Wildman–Crippen LogP) is 3.89. The Bertz CT molecular complexity index is 782. The van der Waals surface area contributed by atoms with Crippen LogP contribution >= 0.6 is 0 Å². The minimum absolute atomic E-state index is 0.213. The van der Waals surface area contributed by atoms with Crippen LogP contribution in [-0.2, 0) is 17.9 Å². The number of methoxy groups -OCH3 is 1. The summed E-state index contributed by atoms with van der Waals surface area (Å²) in [6.45, 7) is 0.867. The lowest BCUT2D eigenvalue weighted by Gasteiger charge is -2.11. The first-order chi connectivity index (χ1) is 12.3. The van der Waals surface area contributed by atoms with Crippen molar-refractivity contribution in [3.63, 3.8) is 0 Å². The molecule has 0 aliphatic heterocycles. The first-order valence-corrected chi connectivity index (χ1v) is 7.89. The SMILES string of the molecule is CCn1nccc1C(=O)/C=C/c1ccc(OC)c(COCC(F)(F)F)c1. The van der Waals surface area contributed by atoms with Crippen molar-refractivity contribution in [2.24, 2.45) is 0 Å². The summed E-state index contributed by atoms with van der Waals surface area (Å²) in [5, 5.41) is 4.04. The summed E-state index contributed by atoms with van der Waals surface area (Å²) in [7, 11) is 1.42. The van der Waals surface area contributed by atoms with Crippen LogP contribution in [0, 0.1) is 0 Å². The minimum Gasteiger partial charge on any atom is -0.496 e. The Morgan fingerprint density at radius 1 is 1.31 bits per heavy atom. The maximum atomic E-state index is 12.2. The first-order valence-electron chi connectivity index (χ1n) is 7.89. The molecule has 26 heavy (non-hydrogen) atoms. The number of benzene rings is 1. The lowest BCUT2D eigenvalue weighted by Crippen LogP contribution is -2.16. The molecule has 8 heteroatoms. The zero-order valence-corrected chi connectivity index (χ0v) is 14.4. The van der Waals surface area contributed by atoms with E-state index in [9.17, 15) is 18.0 Å². The van der Waals surface area contributed by atoms with E-state index in [-0.39, 0.29) is 12.4 Å². The molecule has 5 nitrogen and oxygen atoms in total. The number of carbonyl (C=O) groups excluding carboxylic acids is 1. The maximum Gasteiger partial charge on any atom is 0.411 e. The molecule has 2 rings (SSSR count). The number of ketones is 1. The monoisotopic (exact) mass is 368 g/mol. The summed E-state index contributed by atoms with van der Waals surface area (Å²) < 4.78 is 48.0. The molecule has 0 aliphatic carbocycles. The van der Waals surface area contributed by atoms with Gasteiger partial charge < -0.3 is 9.47 Å². The van der Waals surface area contributed by atoms with Crippen LogP contribution in [0.2, 0.25) is 0 Å². The van der Waals surface area contributed by atoms with Gasteiger partial charge in [-0.25, -0.2) is 0 Å². The molecule has 0 radical (unpaired) electrons. The zero-order valence-electron chi connectivity index (χ0n) is 14.4. The molecule has 1 aromatic carbocycles. The topological polar surface area (TPSA) is 53.4 Å². The summed E-state index contributed by atoms with van der Waals surface area (Å²) in [4.78, 5) is 12.2. The van der Waals surface area contributed by atoms with E-state index in [1.54, 1.807) is 41.2 Å². The van der Waals surface area contributed by atoms with E-state index in [2.05, 4.69) is 9.84 Å². The Labute approximate surface area is 149 Å². The molecule has 0 bridgehead atoms. The van der Waals surface area contributed by atoms with E-state index in [1.807, 2.05) is 6.92 Å². The van der Waals surface area contributed by atoms with Crippen LogP contribution in [0.3, 0.4) is 0 Å². The molecular weight excluding hydrogens is 349 g/mol. The van der Waals surface area contributed by atoms with E-state index in [1.165, 1.54) is 13.2 Å². The Morgan fingerprint density at radius 3 is 2.73 bits per heavy atom. The fraction of sp³-hybridized carbons (Fsp3) is 0.333. The van der Waals surface area contributed by atoms with Crippen LogP contribution < -0.4 is 4.74 Å². The van der Waals surface area contributed by atoms with Crippen molar-refractivity contribution in [2.75, 3.05) is 13.7 Å². The largest absolute Gasteiger partial charge is 0.496 e.